The fraction of sp³-hybridized carbons (Fsp3) is 0.700. The Morgan fingerprint density at radius 1 is 1.14 bits per heavy atom. The SMILES string of the molecule is Cc1nc2c(c(=O)n1C)CCN(CC1CCN(C(C)C)C1)CC2.O=CO.O=CO. The van der Waals surface area contributed by atoms with Crippen molar-refractivity contribution >= 4 is 12.9 Å². The highest BCUT2D eigenvalue weighted by atomic mass is 16.3. The standard InChI is InChI=1S/C18H30N4O.2CH2O2/c1-13(2)22-10-5-15(12-22)11-21-8-6-16-17(7-9-21)19-14(3)20(4)18(16)23;2*2-1-3/h13,15H,5-12H2,1-4H3;2*1H,(H,2,3). The van der Waals surface area contributed by atoms with Crippen LogP contribution in [0.3, 0.4) is 0 Å². The monoisotopic (exact) mass is 410 g/mol. The Labute approximate surface area is 172 Å². The van der Waals surface area contributed by atoms with Crippen LogP contribution < -0.4 is 5.56 Å². The maximum Gasteiger partial charge on any atom is 0.290 e. The number of hydrogen-bond acceptors (Lipinski definition) is 6. The summed E-state index contributed by atoms with van der Waals surface area (Å²) in [5.74, 6) is 1.60. The van der Waals surface area contributed by atoms with Gasteiger partial charge in [0.05, 0.1) is 5.69 Å². The second kappa shape index (κ2) is 12.3. The summed E-state index contributed by atoms with van der Waals surface area (Å²) in [5.41, 5.74) is 2.13. The lowest BCUT2D eigenvalue weighted by molar-refractivity contribution is -0.123. The zero-order chi connectivity index (χ0) is 22.0. The molecule has 2 N–H and O–H groups in total. The zero-order valence-corrected chi connectivity index (χ0v) is 17.9. The van der Waals surface area contributed by atoms with Gasteiger partial charge in [-0.2, -0.15) is 0 Å². The van der Waals surface area contributed by atoms with Crippen LogP contribution in [0.5, 0.6) is 0 Å². The van der Waals surface area contributed by atoms with Gasteiger partial charge in [-0.15, -0.1) is 0 Å². The highest BCUT2D eigenvalue weighted by Crippen LogP contribution is 2.21. The molecule has 3 rings (SSSR count). The van der Waals surface area contributed by atoms with Crippen LogP contribution in [0.15, 0.2) is 4.79 Å². The van der Waals surface area contributed by atoms with Crippen LogP contribution in [0, 0.1) is 12.8 Å². The van der Waals surface area contributed by atoms with Crippen LogP contribution >= 0.6 is 0 Å². The molecule has 1 saturated heterocycles. The lowest BCUT2D eigenvalue weighted by atomic mass is 10.1. The molecule has 1 atom stereocenters. The Hall–Kier alpha value is -2.26. The van der Waals surface area contributed by atoms with E-state index in [4.69, 9.17) is 19.8 Å². The smallest absolute Gasteiger partial charge is 0.290 e. The van der Waals surface area contributed by atoms with Crippen LogP contribution in [0.4, 0.5) is 0 Å². The van der Waals surface area contributed by atoms with Crippen LogP contribution in [-0.2, 0) is 29.5 Å². The summed E-state index contributed by atoms with van der Waals surface area (Å²) in [6.07, 6.45) is 3.06. The highest BCUT2D eigenvalue weighted by molar-refractivity contribution is 5.33. The molecule has 164 valence electrons. The van der Waals surface area contributed by atoms with Crippen molar-refractivity contribution in [2.24, 2.45) is 13.0 Å². The van der Waals surface area contributed by atoms with Crippen LogP contribution in [-0.4, -0.2) is 81.3 Å². The third-order valence-electron chi connectivity index (χ3n) is 5.60. The maximum atomic E-state index is 12.5. The summed E-state index contributed by atoms with van der Waals surface area (Å²) in [6, 6.07) is 0.656. The minimum absolute atomic E-state index is 0.154. The Balaban J connectivity index is 0.000000626. The molecule has 2 aliphatic heterocycles. The van der Waals surface area contributed by atoms with E-state index in [2.05, 4.69) is 28.6 Å². The molecule has 9 heteroatoms. The van der Waals surface area contributed by atoms with Gasteiger partial charge >= 0.3 is 0 Å². The fourth-order valence-corrected chi connectivity index (χ4v) is 3.94. The van der Waals surface area contributed by atoms with Gasteiger partial charge in [0.25, 0.3) is 18.5 Å². The summed E-state index contributed by atoms with van der Waals surface area (Å²) in [6.45, 7) is 11.6. The summed E-state index contributed by atoms with van der Waals surface area (Å²) < 4.78 is 1.69. The average molecular weight is 411 g/mol. The predicted molar refractivity (Wildman–Crippen MR) is 110 cm³/mol. The zero-order valence-electron chi connectivity index (χ0n) is 17.9. The molecular weight excluding hydrogens is 376 g/mol. The molecule has 1 unspecified atom stereocenters. The normalized spacial score (nSPS) is 19.3. The summed E-state index contributed by atoms with van der Waals surface area (Å²) in [5, 5.41) is 13.8. The van der Waals surface area contributed by atoms with E-state index in [0.717, 1.165) is 55.5 Å². The highest BCUT2D eigenvalue weighted by Gasteiger charge is 2.27. The summed E-state index contributed by atoms with van der Waals surface area (Å²) in [7, 11) is 1.83. The Kier molecular flexibility index (Phi) is 10.5. The van der Waals surface area contributed by atoms with E-state index in [1.54, 1.807) is 4.57 Å². The second-order valence-electron chi connectivity index (χ2n) is 7.70. The summed E-state index contributed by atoms with van der Waals surface area (Å²) in [4.78, 5) is 39.0. The van der Waals surface area contributed by atoms with E-state index in [-0.39, 0.29) is 18.5 Å². The third kappa shape index (κ3) is 7.25. The molecule has 2 aliphatic rings. The lowest BCUT2D eigenvalue weighted by Crippen LogP contribution is -2.34. The Bertz CT molecular complexity index is 714. The molecule has 0 saturated carbocycles. The summed E-state index contributed by atoms with van der Waals surface area (Å²) >= 11 is 0. The molecule has 9 nitrogen and oxygen atoms in total. The molecule has 29 heavy (non-hydrogen) atoms. The first-order valence-corrected chi connectivity index (χ1v) is 9.96. The van der Waals surface area contributed by atoms with Crippen LogP contribution in [0.2, 0.25) is 0 Å². The van der Waals surface area contributed by atoms with Crippen molar-refractivity contribution in [3.05, 3.63) is 27.4 Å². The molecule has 0 bridgehead atoms. The molecule has 1 aromatic rings. The molecule has 0 aliphatic carbocycles. The number of carboxylic acid groups (broad SMARTS) is 2. The number of aromatic nitrogens is 2. The van der Waals surface area contributed by atoms with Crippen LogP contribution in [0.1, 0.15) is 37.4 Å². The largest absolute Gasteiger partial charge is 0.483 e. The van der Waals surface area contributed by atoms with Crippen LogP contribution in [0.25, 0.3) is 0 Å². The molecule has 3 heterocycles. The van der Waals surface area contributed by atoms with Crippen molar-refractivity contribution < 1.29 is 19.8 Å². The molecule has 0 aromatic carbocycles. The van der Waals surface area contributed by atoms with Gasteiger partial charge in [-0.05, 0) is 46.1 Å². The predicted octanol–water partition coefficient (Wildman–Crippen LogP) is 0.621. The molecular formula is C20H34N4O5. The number of likely N-dealkylation sites (tertiary alicyclic amines) is 1. The van der Waals surface area contributed by atoms with Gasteiger partial charge in [-0.25, -0.2) is 4.98 Å². The Morgan fingerprint density at radius 2 is 1.72 bits per heavy atom. The van der Waals surface area contributed by atoms with E-state index in [1.807, 2.05) is 14.0 Å². The quantitative estimate of drug-likeness (QED) is 0.697. The van der Waals surface area contributed by atoms with E-state index >= 15 is 0 Å². The Morgan fingerprint density at radius 3 is 2.28 bits per heavy atom. The van der Waals surface area contributed by atoms with Gasteiger partial charge in [-0.1, -0.05) is 0 Å². The molecule has 0 radical (unpaired) electrons. The van der Waals surface area contributed by atoms with E-state index in [9.17, 15) is 4.79 Å². The van der Waals surface area contributed by atoms with Crippen molar-refractivity contribution in [1.82, 2.24) is 19.4 Å². The first-order valence-electron chi connectivity index (χ1n) is 9.96. The molecule has 0 spiro atoms. The third-order valence-corrected chi connectivity index (χ3v) is 5.60. The number of fused-ring (bicyclic) bond motifs is 1. The lowest BCUT2D eigenvalue weighted by Gasteiger charge is -2.25. The topological polar surface area (TPSA) is 116 Å². The van der Waals surface area contributed by atoms with Crippen molar-refractivity contribution in [1.29, 1.82) is 0 Å². The van der Waals surface area contributed by atoms with Crippen molar-refractivity contribution in [2.45, 2.75) is 46.1 Å². The minimum Gasteiger partial charge on any atom is -0.483 e. The van der Waals surface area contributed by atoms with E-state index in [1.165, 1.54) is 19.5 Å². The van der Waals surface area contributed by atoms with Crippen molar-refractivity contribution in [3.63, 3.8) is 0 Å². The first-order chi connectivity index (χ1) is 13.8. The average Bonchev–Trinajstić information content (AvgIpc) is 3.04. The first kappa shape index (κ1) is 24.8. The fourth-order valence-electron chi connectivity index (χ4n) is 3.94. The molecule has 1 aromatic heterocycles. The van der Waals surface area contributed by atoms with Gasteiger partial charge in [0.15, 0.2) is 0 Å². The minimum atomic E-state index is -0.250. The number of carbonyl (C=O) groups is 2. The second-order valence-corrected chi connectivity index (χ2v) is 7.70. The van der Waals surface area contributed by atoms with Crippen molar-refractivity contribution in [2.75, 3.05) is 32.7 Å². The number of aryl methyl sites for hydroxylation is 1. The van der Waals surface area contributed by atoms with E-state index in [0.29, 0.717) is 6.04 Å². The molecule has 1 fully saturated rings. The van der Waals surface area contributed by atoms with E-state index < -0.39 is 0 Å². The number of rotatable bonds is 3. The van der Waals surface area contributed by atoms with Gasteiger partial charge in [-0.3, -0.25) is 19.0 Å². The number of hydrogen-bond donors (Lipinski definition) is 2. The van der Waals surface area contributed by atoms with Gasteiger partial charge in [0.2, 0.25) is 0 Å². The van der Waals surface area contributed by atoms with Crippen molar-refractivity contribution in [3.8, 4) is 0 Å². The van der Waals surface area contributed by atoms with Gasteiger partial charge < -0.3 is 20.0 Å². The van der Waals surface area contributed by atoms with Gasteiger partial charge in [0.1, 0.15) is 5.82 Å². The maximum absolute atomic E-state index is 12.5. The van der Waals surface area contributed by atoms with Gasteiger partial charge in [0, 0.05) is 51.3 Å². The molecule has 0 amide bonds. The number of nitrogens with zero attached hydrogens (tertiary/aromatic N) is 4.